The number of hydrazone groups is 1. The fourth-order valence-electron chi connectivity index (χ4n) is 3.79. The van der Waals surface area contributed by atoms with Crippen molar-refractivity contribution in [1.29, 1.82) is 0 Å². The first-order valence-electron chi connectivity index (χ1n) is 11.8. The molecule has 0 saturated carbocycles. The molecule has 2 aromatic carbocycles. The van der Waals surface area contributed by atoms with Gasteiger partial charge in [0.25, 0.3) is 5.56 Å². The number of rotatable bonds is 11. The van der Waals surface area contributed by atoms with Crippen LogP contribution in [0.2, 0.25) is 0 Å². The standard InChI is InChI=1S/C26H30N6O3/c1-3-4-5-9-16-32-22-23(31(2)26(34)29-24(22)33)28-25(32)30-27-17-19-12-14-21(15-13-19)35-18-20-10-7-6-8-11-20/h6-8,10-15,17H,3-5,9,16,18H2,1-2H3,(H,28,30)(H,29,33,34)/b27-17-. The smallest absolute Gasteiger partial charge is 0.329 e. The molecule has 4 aromatic rings. The Labute approximate surface area is 203 Å². The zero-order valence-electron chi connectivity index (χ0n) is 20.0. The van der Waals surface area contributed by atoms with Crippen LogP contribution in [0.3, 0.4) is 0 Å². The van der Waals surface area contributed by atoms with Crippen molar-refractivity contribution in [2.75, 3.05) is 5.43 Å². The second kappa shape index (κ2) is 11.3. The number of ether oxygens (including phenoxy) is 1. The predicted octanol–water partition coefficient (Wildman–Crippen LogP) is 4.03. The van der Waals surface area contributed by atoms with Gasteiger partial charge in [-0.15, -0.1) is 0 Å². The third kappa shape index (κ3) is 5.87. The van der Waals surface area contributed by atoms with E-state index in [0.717, 1.165) is 42.6 Å². The Morgan fingerprint density at radius 1 is 1.06 bits per heavy atom. The van der Waals surface area contributed by atoms with Crippen LogP contribution in [-0.2, 0) is 20.2 Å². The minimum Gasteiger partial charge on any atom is -0.489 e. The van der Waals surface area contributed by atoms with E-state index in [-0.39, 0.29) is 0 Å². The molecule has 0 fully saturated rings. The quantitative estimate of drug-likeness (QED) is 0.194. The van der Waals surface area contributed by atoms with E-state index < -0.39 is 11.2 Å². The molecule has 0 atom stereocenters. The molecular formula is C26H30N6O3. The molecule has 0 aliphatic carbocycles. The number of anilines is 1. The molecule has 2 aromatic heterocycles. The number of imidazole rings is 1. The van der Waals surface area contributed by atoms with Gasteiger partial charge in [-0.2, -0.15) is 10.1 Å². The van der Waals surface area contributed by atoms with Gasteiger partial charge in [0.05, 0.1) is 6.21 Å². The highest BCUT2D eigenvalue weighted by Gasteiger charge is 2.16. The van der Waals surface area contributed by atoms with Crippen LogP contribution >= 0.6 is 0 Å². The molecule has 0 saturated heterocycles. The van der Waals surface area contributed by atoms with E-state index in [1.807, 2.05) is 54.6 Å². The maximum atomic E-state index is 12.5. The molecule has 0 spiro atoms. The molecule has 0 unspecified atom stereocenters. The van der Waals surface area contributed by atoms with Gasteiger partial charge in [0.15, 0.2) is 11.2 Å². The Bertz CT molecular complexity index is 1400. The first-order chi connectivity index (χ1) is 17.1. The number of fused-ring (bicyclic) bond motifs is 1. The summed E-state index contributed by atoms with van der Waals surface area (Å²) >= 11 is 0. The zero-order chi connectivity index (χ0) is 24.6. The molecule has 0 radical (unpaired) electrons. The van der Waals surface area contributed by atoms with Gasteiger partial charge in [-0.25, -0.2) is 10.2 Å². The number of H-pyrrole nitrogens is 1. The van der Waals surface area contributed by atoms with Crippen LogP contribution < -0.4 is 21.4 Å². The van der Waals surface area contributed by atoms with Gasteiger partial charge < -0.3 is 9.30 Å². The zero-order valence-corrected chi connectivity index (χ0v) is 20.0. The van der Waals surface area contributed by atoms with E-state index in [2.05, 4.69) is 27.4 Å². The summed E-state index contributed by atoms with van der Waals surface area (Å²) in [4.78, 5) is 31.4. The van der Waals surface area contributed by atoms with Gasteiger partial charge in [0.2, 0.25) is 5.95 Å². The Balaban J connectivity index is 1.48. The first-order valence-corrected chi connectivity index (χ1v) is 11.8. The van der Waals surface area contributed by atoms with Gasteiger partial charge >= 0.3 is 5.69 Å². The van der Waals surface area contributed by atoms with Gasteiger partial charge in [0.1, 0.15) is 12.4 Å². The lowest BCUT2D eigenvalue weighted by Crippen LogP contribution is -2.29. The van der Waals surface area contributed by atoms with Crippen molar-refractivity contribution >= 4 is 23.3 Å². The molecule has 0 amide bonds. The van der Waals surface area contributed by atoms with Crippen molar-refractivity contribution < 1.29 is 4.74 Å². The summed E-state index contributed by atoms with van der Waals surface area (Å²) in [5, 5.41) is 4.32. The summed E-state index contributed by atoms with van der Waals surface area (Å²) in [7, 11) is 1.59. The van der Waals surface area contributed by atoms with E-state index in [0.29, 0.717) is 30.3 Å². The number of hydrogen-bond donors (Lipinski definition) is 2. The molecule has 35 heavy (non-hydrogen) atoms. The van der Waals surface area contributed by atoms with E-state index >= 15 is 0 Å². The minimum absolute atomic E-state index is 0.326. The Morgan fingerprint density at radius 2 is 1.83 bits per heavy atom. The lowest BCUT2D eigenvalue weighted by Gasteiger charge is -2.08. The Kier molecular flexibility index (Phi) is 7.77. The molecule has 2 N–H and O–H groups in total. The normalized spacial score (nSPS) is 11.4. The molecule has 0 bridgehead atoms. The topological polar surface area (TPSA) is 106 Å². The fraction of sp³-hybridized carbons (Fsp3) is 0.308. The Hall–Kier alpha value is -4.14. The van der Waals surface area contributed by atoms with E-state index in [1.54, 1.807) is 17.8 Å². The Morgan fingerprint density at radius 3 is 2.57 bits per heavy atom. The molecule has 0 aliphatic rings. The summed E-state index contributed by atoms with van der Waals surface area (Å²) in [6.07, 6.45) is 5.84. The fourth-order valence-corrected chi connectivity index (χ4v) is 3.79. The van der Waals surface area contributed by atoms with Gasteiger partial charge in [0, 0.05) is 13.6 Å². The summed E-state index contributed by atoms with van der Waals surface area (Å²) in [6.45, 7) is 3.26. The van der Waals surface area contributed by atoms with Crippen molar-refractivity contribution in [2.24, 2.45) is 12.1 Å². The summed E-state index contributed by atoms with van der Waals surface area (Å²) in [5.41, 5.74) is 4.67. The minimum atomic E-state index is -0.497. The molecule has 4 rings (SSSR count). The first kappa shape index (κ1) is 24.0. The van der Waals surface area contributed by atoms with Crippen LogP contribution in [-0.4, -0.2) is 25.3 Å². The van der Waals surface area contributed by atoms with Crippen molar-refractivity contribution in [3.05, 3.63) is 86.6 Å². The van der Waals surface area contributed by atoms with Crippen LogP contribution in [0.1, 0.15) is 43.7 Å². The number of aromatic nitrogens is 4. The second-order valence-corrected chi connectivity index (χ2v) is 8.35. The van der Waals surface area contributed by atoms with Gasteiger partial charge in [-0.1, -0.05) is 56.5 Å². The number of nitrogens with zero attached hydrogens (tertiary/aromatic N) is 4. The van der Waals surface area contributed by atoms with Crippen LogP contribution in [0.25, 0.3) is 11.2 Å². The second-order valence-electron chi connectivity index (χ2n) is 8.35. The van der Waals surface area contributed by atoms with Crippen LogP contribution in [0.15, 0.2) is 69.3 Å². The maximum absolute atomic E-state index is 12.5. The highest BCUT2D eigenvalue weighted by molar-refractivity contribution is 5.80. The van der Waals surface area contributed by atoms with E-state index in [4.69, 9.17) is 4.74 Å². The van der Waals surface area contributed by atoms with E-state index in [1.165, 1.54) is 4.57 Å². The maximum Gasteiger partial charge on any atom is 0.329 e. The third-order valence-electron chi connectivity index (χ3n) is 5.75. The van der Waals surface area contributed by atoms with Crippen molar-refractivity contribution in [3.8, 4) is 5.75 Å². The molecular weight excluding hydrogens is 444 g/mol. The largest absolute Gasteiger partial charge is 0.489 e. The van der Waals surface area contributed by atoms with Crippen molar-refractivity contribution in [3.63, 3.8) is 0 Å². The summed E-state index contributed by atoms with van der Waals surface area (Å²) < 4.78 is 8.95. The lowest BCUT2D eigenvalue weighted by molar-refractivity contribution is 0.306. The molecule has 2 heterocycles. The van der Waals surface area contributed by atoms with Crippen LogP contribution in [0, 0.1) is 0 Å². The van der Waals surface area contributed by atoms with Crippen LogP contribution in [0.5, 0.6) is 5.75 Å². The van der Waals surface area contributed by atoms with Crippen LogP contribution in [0.4, 0.5) is 5.95 Å². The predicted molar refractivity (Wildman–Crippen MR) is 138 cm³/mol. The number of benzene rings is 2. The molecule has 9 heteroatoms. The number of hydrogen-bond acceptors (Lipinski definition) is 6. The van der Waals surface area contributed by atoms with Crippen molar-refractivity contribution in [1.82, 2.24) is 19.1 Å². The average Bonchev–Trinajstić information content (AvgIpc) is 3.24. The molecule has 9 nitrogen and oxygen atoms in total. The number of nitrogens with one attached hydrogen (secondary N) is 2. The van der Waals surface area contributed by atoms with Gasteiger partial charge in [-0.05, 0) is 41.8 Å². The van der Waals surface area contributed by atoms with Gasteiger partial charge in [-0.3, -0.25) is 14.3 Å². The highest BCUT2D eigenvalue weighted by Crippen LogP contribution is 2.17. The lowest BCUT2D eigenvalue weighted by atomic mass is 10.2. The summed E-state index contributed by atoms with van der Waals surface area (Å²) in [5.74, 6) is 1.19. The SMILES string of the molecule is CCCCCCn1c(N/N=C\c2ccc(OCc3ccccc3)cc2)nc2c1c(=O)[nH]c(=O)n2C. The molecule has 0 aliphatic heterocycles. The number of unbranched alkanes of at least 4 members (excludes halogenated alkanes) is 3. The number of aryl methyl sites for hydroxylation is 2. The van der Waals surface area contributed by atoms with E-state index in [9.17, 15) is 9.59 Å². The average molecular weight is 475 g/mol. The third-order valence-corrected chi connectivity index (χ3v) is 5.75. The monoisotopic (exact) mass is 474 g/mol. The van der Waals surface area contributed by atoms with Crippen molar-refractivity contribution in [2.45, 2.75) is 45.8 Å². The number of aromatic amines is 1. The summed E-state index contributed by atoms with van der Waals surface area (Å²) in [6, 6.07) is 17.6. The molecule has 182 valence electrons. The highest BCUT2D eigenvalue weighted by atomic mass is 16.5.